The average Bonchev–Trinajstić information content (AvgIpc) is 2.88. The summed E-state index contributed by atoms with van der Waals surface area (Å²) in [7, 11) is 0. The number of rotatable bonds is 6. The van der Waals surface area contributed by atoms with Crippen LogP contribution >= 0.6 is 0 Å². The van der Waals surface area contributed by atoms with Gasteiger partial charge in [0.1, 0.15) is 11.6 Å². The average molecular weight is 476 g/mol. The molecule has 3 nitrogen and oxygen atoms in total. The van der Waals surface area contributed by atoms with Crippen LogP contribution in [0.2, 0.25) is 0 Å². The molecule has 178 valence electrons. The smallest absolute Gasteiger partial charge is 0.166 e. The molecule has 1 aliphatic heterocycles. The minimum Gasteiger partial charge on any atom is -0.493 e. The standard InChI is InChI=1S/C29H24F3NO2/c1-2-19-21-7-5-8-22(23-14-18(30)15-25(31)28(23)32)29(21)33-16-24(19)26(34)11-10-17-12-13-35-27-9-4-3-6-20(17)27/h3-9,14-17H,2,10-13H2,1H3. The number of pyridine rings is 1. The van der Waals surface area contributed by atoms with Crippen molar-refractivity contribution in [2.75, 3.05) is 6.61 Å². The van der Waals surface area contributed by atoms with Gasteiger partial charge in [0.15, 0.2) is 17.4 Å². The number of Topliss-reactive ketones (excluding diaryl/α,β-unsaturated/α-hetero) is 1. The highest BCUT2D eigenvalue weighted by Crippen LogP contribution is 2.37. The number of hydrogen-bond donors (Lipinski definition) is 0. The molecule has 0 fully saturated rings. The first kappa shape index (κ1) is 23.1. The third kappa shape index (κ3) is 4.29. The van der Waals surface area contributed by atoms with Crippen LogP contribution in [-0.2, 0) is 6.42 Å². The Balaban J connectivity index is 1.48. The Kier molecular flexibility index (Phi) is 6.29. The molecule has 1 aromatic heterocycles. The molecule has 0 aliphatic carbocycles. The van der Waals surface area contributed by atoms with Crippen LogP contribution in [0.25, 0.3) is 22.0 Å². The van der Waals surface area contributed by atoms with Gasteiger partial charge in [0.2, 0.25) is 0 Å². The zero-order valence-corrected chi connectivity index (χ0v) is 19.3. The summed E-state index contributed by atoms with van der Waals surface area (Å²) in [5.74, 6) is -2.13. The van der Waals surface area contributed by atoms with E-state index in [4.69, 9.17) is 4.74 Å². The molecule has 0 saturated heterocycles. The number of fused-ring (bicyclic) bond motifs is 2. The van der Waals surface area contributed by atoms with E-state index in [1.54, 1.807) is 12.1 Å². The first-order valence-electron chi connectivity index (χ1n) is 11.8. The number of ether oxygens (including phenoxy) is 1. The van der Waals surface area contributed by atoms with Crippen LogP contribution in [0.3, 0.4) is 0 Å². The van der Waals surface area contributed by atoms with Crippen molar-refractivity contribution in [3.05, 3.63) is 94.9 Å². The lowest BCUT2D eigenvalue weighted by Crippen LogP contribution is -2.15. The lowest BCUT2D eigenvalue weighted by molar-refractivity contribution is 0.0973. The summed E-state index contributed by atoms with van der Waals surface area (Å²) in [5.41, 5.74) is 2.96. The van der Waals surface area contributed by atoms with Gasteiger partial charge in [-0.1, -0.05) is 43.3 Å². The number of aryl methyl sites for hydroxylation is 1. The van der Waals surface area contributed by atoms with Crippen LogP contribution in [0.4, 0.5) is 13.2 Å². The first-order valence-corrected chi connectivity index (χ1v) is 11.8. The molecular weight excluding hydrogens is 451 g/mol. The summed E-state index contributed by atoms with van der Waals surface area (Å²) < 4.78 is 48.0. The van der Waals surface area contributed by atoms with E-state index >= 15 is 0 Å². The quantitative estimate of drug-likeness (QED) is 0.215. The summed E-state index contributed by atoms with van der Waals surface area (Å²) in [6.07, 6.45) is 4.00. The van der Waals surface area contributed by atoms with Gasteiger partial charge in [0.25, 0.3) is 0 Å². The van der Waals surface area contributed by atoms with E-state index < -0.39 is 17.5 Å². The van der Waals surface area contributed by atoms with E-state index in [0.717, 1.165) is 29.4 Å². The Morgan fingerprint density at radius 2 is 1.89 bits per heavy atom. The molecular formula is C29H24F3NO2. The van der Waals surface area contributed by atoms with Crippen molar-refractivity contribution in [2.24, 2.45) is 0 Å². The molecule has 5 rings (SSSR count). The fourth-order valence-corrected chi connectivity index (χ4v) is 5.02. The third-order valence-corrected chi connectivity index (χ3v) is 6.75. The molecule has 0 spiro atoms. The van der Waals surface area contributed by atoms with Crippen molar-refractivity contribution in [3.63, 3.8) is 0 Å². The molecule has 3 aromatic carbocycles. The van der Waals surface area contributed by atoms with Crippen LogP contribution in [0.15, 0.2) is 60.8 Å². The zero-order valence-electron chi connectivity index (χ0n) is 19.3. The van der Waals surface area contributed by atoms with Gasteiger partial charge in [-0.3, -0.25) is 9.78 Å². The molecule has 4 aromatic rings. The van der Waals surface area contributed by atoms with Gasteiger partial charge in [-0.15, -0.1) is 0 Å². The molecule has 0 saturated carbocycles. The van der Waals surface area contributed by atoms with Gasteiger partial charge in [0, 0.05) is 40.8 Å². The second-order valence-corrected chi connectivity index (χ2v) is 8.79. The Hall–Kier alpha value is -3.67. The fraction of sp³-hybridized carbons (Fsp3) is 0.241. The van der Waals surface area contributed by atoms with Crippen molar-refractivity contribution in [1.82, 2.24) is 4.98 Å². The summed E-state index contributed by atoms with van der Waals surface area (Å²) in [6, 6.07) is 14.5. The molecule has 0 N–H and O–H groups in total. The molecule has 6 heteroatoms. The fourth-order valence-electron chi connectivity index (χ4n) is 5.02. The number of aromatic nitrogens is 1. The van der Waals surface area contributed by atoms with E-state index in [1.807, 2.05) is 31.2 Å². The van der Waals surface area contributed by atoms with Gasteiger partial charge in [0.05, 0.1) is 12.1 Å². The van der Waals surface area contributed by atoms with E-state index in [0.29, 0.717) is 48.4 Å². The highest BCUT2D eigenvalue weighted by Gasteiger charge is 2.24. The normalized spacial score (nSPS) is 15.0. The van der Waals surface area contributed by atoms with Crippen LogP contribution in [-0.4, -0.2) is 17.4 Å². The molecule has 0 radical (unpaired) electrons. The minimum absolute atomic E-state index is 0.00592. The summed E-state index contributed by atoms with van der Waals surface area (Å²) in [6.45, 7) is 2.57. The van der Waals surface area contributed by atoms with Gasteiger partial charge < -0.3 is 4.74 Å². The Labute approximate surface area is 201 Å². The third-order valence-electron chi connectivity index (χ3n) is 6.75. The number of halogens is 3. The highest BCUT2D eigenvalue weighted by atomic mass is 19.2. The molecule has 0 amide bonds. The van der Waals surface area contributed by atoms with E-state index in [-0.39, 0.29) is 22.8 Å². The largest absolute Gasteiger partial charge is 0.493 e. The number of hydrogen-bond acceptors (Lipinski definition) is 3. The van der Waals surface area contributed by atoms with E-state index in [9.17, 15) is 18.0 Å². The lowest BCUT2D eigenvalue weighted by atomic mass is 9.87. The maximum absolute atomic E-state index is 14.5. The van der Waals surface area contributed by atoms with E-state index in [1.165, 1.54) is 6.20 Å². The van der Waals surface area contributed by atoms with Crippen LogP contribution in [0.1, 0.15) is 53.6 Å². The van der Waals surface area contributed by atoms with Gasteiger partial charge >= 0.3 is 0 Å². The Morgan fingerprint density at radius 3 is 2.71 bits per heavy atom. The maximum atomic E-state index is 14.5. The molecule has 2 heterocycles. The summed E-state index contributed by atoms with van der Waals surface area (Å²) in [4.78, 5) is 17.8. The second-order valence-electron chi connectivity index (χ2n) is 8.79. The van der Waals surface area contributed by atoms with Crippen molar-refractivity contribution < 1.29 is 22.7 Å². The van der Waals surface area contributed by atoms with Gasteiger partial charge in [-0.05, 0) is 48.4 Å². The van der Waals surface area contributed by atoms with Crippen molar-refractivity contribution in [2.45, 2.75) is 38.5 Å². The number of benzene rings is 3. The Morgan fingerprint density at radius 1 is 1.06 bits per heavy atom. The number of carbonyl (C=O) groups is 1. The molecule has 0 bridgehead atoms. The second kappa shape index (κ2) is 9.53. The van der Waals surface area contributed by atoms with Crippen molar-refractivity contribution in [3.8, 4) is 16.9 Å². The van der Waals surface area contributed by atoms with Crippen LogP contribution in [0.5, 0.6) is 5.75 Å². The van der Waals surface area contributed by atoms with E-state index in [2.05, 4.69) is 11.1 Å². The number of carbonyl (C=O) groups excluding carboxylic acids is 1. The van der Waals surface area contributed by atoms with Crippen molar-refractivity contribution >= 4 is 16.7 Å². The minimum atomic E-state index is -1.26. The van der Waals surface area contributed by atoms with Crippen molar-refractivity contribution in [1.29, 1.82) is 0 Å². The predicted octanol–water partition coefficient (Wildman–Crippen LogP) is 7.41. The number of ketones is 1. The number of nitrogens with zero attached hydrogens (tertiary/aromatic N) is 1. The summed E-state index contributed by atoms with van der Waals surface area (Å²) in [5, 5.41) is 0.677. The monoisotopic (exact) mass is 475 g/mol. The first-order chi connectivity index (χ1) is 17.0. The molecule has 35 heavy (non-hydrogen) atoms. The molecule has 1 atom stereocenters. The topological polar surface area (TPSA) is 39.2 Å². The predicted molar refractivity (Wildman–Crippen MR) is 129 cm³/mol. The molecule has 1 aliphatic rings. The lowest BCUT2D eigenvalue weighted by Gasteiger charge is -2.25. The van der Waals surface area contributed by atoms with Crippen LogP contribution < -0.4 is 4.74 Å². The zero-order chi connectivity index (χ0) is 24.5. The number of para-hydroxylation sites is 2. The maximum Gasteiger partial charge on any atom is 0.166 e. The molecule has 1 unspecified atom stereocenters. The van der Waals surface area contributed by atoms with Gasteiger partial charge in [-0.2, -0.15) is 0 Å². The highest BCUT2D eigenvalue weighted by molar-refractivity contribution is 6.04. The van der Waals surface area contributed by atoms with Gasteiger partial charge in [-0.25, -0.2) is 13.2 Å². The summed E-state index contributed by atoms with van der Waals surface area (Å²) >= 11 is 0. The van der Waals surface area contributed by atoms with Crippen LogP contribution in [0, 0.1) is 17.5 Å². The Bertz CT molecular complexity index is 1430. The SMILES string of the molecule is CCc1c(C(=O)CCC2CCOc3ccccc32)cnc2c(-c3cc(F)cc(F)c3F)cccc12.